The maximum absolute atomic E-state index is 13.4. The van der Waals surface area contributed by atoms with Crippen molar-refractivity contribution >= 4 is 16.9 Å². The highest BCUT2D eigenvalue weighted by atomic mass is 19.1. The summed E-state index contributed by atoms with van der Waals surface area (Å²) < 4.78 is 13.4. The van der Waals surface area contributed by atoms with Crippen LogP contribution in [-0.2, 0) is 6.54 Å². The molecule has 1 aromatic heterocycles. The van der Waals surface area contributed by atoms with Gasteiger partial charge in [0.25, 0.3) is 0 Å². The summed E-state index contributed by atoms with van der Waals surface area (Å²) in [5.41, 5.74) is 2.88. The van der Waals surface area contributed by atoms with Crippen LogP contribution in [0.2, 0.25) is 0 Å². The second kappa shape index (κ2) is 7.15. The van der Waals surface area contributed by atoms with Crippen molar-refractivity contribution in [3.05, 3.63) is 66.1 Å². The fourth-order valence-corrected chi connectivity index (χ4v) is 3.35. The van der Waals surface area contributed by atoms with Gasteiger partial charge in [-0.1, -0.05) is 24.3 Å². The van der Waals surface area contributed by atoms with Crippen molar-refractivity contribution in [1.82, 2.24) is 14.9 Å². The van der Waals surface area contributed by atoms with Gasteiger partial charge >= 0.3 is 0 Å². The Balaban J connectivity index is 1.45. The van der Waals surface area contributed by atoms with Crippen LogP contribution in [0.15, 0.2) is 54.7 Å². The van der Waals surface area contributed by atoms with E-state index in [2.05, 4.69) is 14.8 Å². The first-order valence-corrected chi connectivity index (χ1v) is 8.71. The van der Waals surface area contributed by atoms with E-state index in [9.17, 15) is 4.39 Å². The highest BCUT2D eigenvalue weighted by molar-refractivity contribution is 5.75. The Labute approximate surface area is 146 Å². The van der Waals surface area contributed by atoms with E-state index in [-0.39, 0.29) is 5.82 Å². The van der Waals surface area contributed by atoms with Crippen LogP contribution in [0.25, 0.3) is 11.0 Å². The summed E-state index contributed by atoms with van der Waals surface area (Å²) in [5, 5.41) is 0. The lowest BCUT2D eigenvalue weighted by molar-refractivity contribution is 0.285. The molecule has 0 N–H and O–H groups in total. The average molecular weight is 336 g/mol. The Hall–Kier alpha value is -2.53. The minimum absolute atomic E-state index is 0.166. The first-order valence-electron chi connectivity index (χ1n) is 8.71. The summed E-state index contributed by atoms with van der Waals surface area (Å²) in [6, 6.07) is 14.8. The van der Waals surface area contributed by atoms with Crippen molar-refractivity contribution in [2.24, 2.45) is 0 Å². The van der Waals surface area contributed by atoms with Crippen molar-refractivity contribution < 1.29 is 4.39 Å². The molecule has 2 heterocycles. The summed E-state index contributed by atoms with van der Waals surface area (Å²) in [7, 11) is 0. The van der Waals surface area contributed by atoms with Crippen LogP contribution in [0.1, 0.15) is 12.0 Å². The number of aromatic nitrogens is 2. The smallest absolute Gasteiger partial charge is 0.147 e. The molecule has 2 aromatic carbocycles. The average Bonchev–Trinajstić information content (AvgIpc) is 2.87. The minimum atomic E-state index is -0.166. The SMILES string of the molecule is Fc1cccc(CN2CCCN(c3cnc4ccccc4n3)CC2)c1. The fraction of sp³-hybridized carbons (Fsp3) is 0.300. The quantitative estimate of drug-likeness (QED) is 0.733. The van der Waals surface area contributed by atoms with Gasteiger partial charge in [-0.05, 0) is 36.2 Å². The van der Waals surface area contributed by atoms with Crippen molar-refractivity contribution in [1.29, 1.82) is 0 Å². The van der Waals surface area contributed by atoms with Crippen LogP contribution in [0.3, 0.4) is 0 Å². The van der Waals surface area contributed by atoms with E-state index in [1.807, 2.05) is 36.5 Å². The number of benzene rings is 2. The van der Waals surface area contributed by atoms with Crippen LogP contribution in [0.4, 0.5) is 10.2 Å². The Morgan fingerprint density at radius 2 is 1.80 bits per heavy atom. The number of fused-ring (bicyclic) bond motifs is 1. The maximum Gasteiger partial charge on any atom is 0.147 e. The zero-order chi connectivity index (χ0) is 17.1. The molecule has 1 aliphatic heterocycles. The number of hydrogen-bond acceptors (Lipinski definition) is 4. The second-order valence-electron chi connectivity index (χ2n) is 6.46. The highest BCUT2D eigenvalue weighted by Gasteiger charge is 2.17. The summed E-state index contributed by atoms with van der Waals surface area (Å²) in [4.78, 5) is 14.0. The van der Waals surface area contributed by atoms with Gasteiger partial charge in [-0.15, -0.1) is 0 Å². The zero-order valence-electron chi connectivity index (χ0n) is 14.1. The van der Waals surface area contributed by atoms with Crippen LogP contribution in [-0.4, -0.2) is 41.0 Å². The molecule has 128 valence electrons. The lowest BCUT2D eigenvalue weighted by Gasteiger charge is -2.22. The molecule has 3 aromatic rings. The topological polar surface area (TPSA) is 32.3 Å². The molecule has 0 amide bonds. The van der Waals surface area contributed by atoms with Gasteiger partial charge < -0.3 is 4.90 Å². The fourth-order valence-electron chi connectivity index (χ4n) is 3.35. The molecule has 0 saturated carbocycles. The molecule has 5 heteroatoms. The van der Waals surface area contributed by atoms with E-state index in [1.54, 1.807) is 12.1 Å². The van der Waals surface area contributed by atoms with Crippen LogP contribution in [0, 0.1) is 5.82 Å². The summed E-state index contributed by atoms with van der Waals surface area (Å²) in [6.45, 7) is 4.60. The molecule has 0 bridgehead atoms. The van der Waals surface area contributed by atoms with Crippen LogP contribution >= 0.6 is 0 Å². The third kappa shape index (κ3) is 3.77. The van der Waals surface area contributed by atoms with Crippen LogP contribution < -0.4 is 4.90 Å². The Kier molecular flexibility index (Phi) is 4.57. The number of hydrogen-bond donors (Lipinski definition) is 0. The van der Waals surface area contributed by atoms with Gasteiger partial charge in [0.05, 0.1) is 17.2 Å². The third-order valence-electron chi connectivity index (χ3n) is 4.64. The molecule has 1 fully saturated rings. The molecule has 0 atom stereocenters. The molecule has 0 unspecified atom stereocenters. The number of nitrogens with zero attached hydrogens (tertiary/aromatic N) is 4. The largest absolute Gasteiger partial charge is 0.354 e. The molecule has 4 nitrogen and oxygen atoms in total. The second-order valence-corrected chi connectivity index (χ2v) is 6.46. The number of rotatable bonds is 3. The first-order chi connectivity index (χ1) is 12.3. The number of halogens is 1. The van der Waals surface area contributed by atoms with Gasteiger partial charge in [0.15, 0.2) is 0 Å². The van der Waals surface area contributed by atoms with Crippen LogP contribution in [0.5, 0.6) is 0 Å². The minimum Gasteiger partial charge on any atom is -0.354 e. The molecule has 0 aliphatic carbocycles. The molecular weight excluding hydrogens is 315 g/mol. The third-order valence-corrected chi connectivity index (χ3v) is 4.64. The molecule has 0 radical (unpaired) electrons. The molecule has 0 spiro atoms. The summed E-state index contributed by atoms with van der Waals surface area (Å²) in [6.07, 6.45) is 2.92. The highest BCUT2D eigenvalue weighted by Crippen LogP contribution is 2.18. The van der Waals surface area contributed by atoms with Crippen molar-refractivity contribution in [3.8, 4) is 0 Å². The first kappa shape index (κ1) is 16.0. The molecular formula is C20H21FN4. The van der Waals surface area contributed by atoms with Gasteiger partial charge in [0, 0.05) is 32.7 Å². The van der Waals surface area contributed by atoms with Crippen molar-refractivity contribution in [2.45, 2.75) is 13.0 Å². The lowest BCUT2D eigenvalue weighted by atomic mass is 10.2. The summed E-state index contributed by atoms with van der Waals surface area (Å²) >= 11 is 0. The maximum atomic E-state index is 13.4. The Morgan fingerprint density at radius 1 is 0.920 bits per heavy atom. The van der Waals surface area contributed by atoms with E-state index in [0.717, 1.165) is 61.6 Å². The normalized spacial score (nSPS) is 16.1. The number of para-hydroxylation sites is 2. The van der Waals surface area contributed by atoms with Gasteiger partial charge in [-0.2, -0.15) is 0 Å². The van der Waals surface area contributed by atoms with E-state index in [0.29, 0.717) is 0 Å². The van der Waals surface area contributed by atoms with E-state index >= 15 is 0 Å². The standard InChI is InChI=1S/C20H21FN4/c21-17-6-3-5-16(13-17)15-24-9-4-10-25(12-11-24)20-14-22-18-7-1-2-8-19(18)23-20/h1-3,5-8,13-14H,4,9-12,15H2. The van der Waals surface area contributed by atoms with E-state index < -0.39 is 0 Å². The molecule has 4 rings (SSSR count). The summed E-state index contributed by atoms with van der Waals surface area (Å²) in [5.74, 6) is 0.770. The van der Waals surface area contributed by atoms with Gasteiger partial charge in [0.1, 0.15) is 11.6 Å². The molecule has 1 aliphatic rings. The lowest BCUT2D eigenvalue weighted by Crippen LogP contribution is -2.31. The van der Waals surface area contributed by atoms with E-state index in [1.165, 1.54) is 6.07 Å². The Bertz CT molecular complexity index is 867. The van der Waals surface area contributed by atoms with Crippen molar-refractivity contribution in [2.75, 3.05) is 31.1 Å². The van der Waals surface area contributed by atoms with Crippen molar-refractivity contribution in [3.63, 3.8) is 0 Å². The van der Waals surface area contributed by atoms with Gasteiger partial charge in [-0.3, -0.25) is 9.88 Å². The van der Waals surface area contributed by atoms with E-state index in [4.69, 9.17) is 4.98 Å². The zero-order valence-corrected chi connectivity index (χ0v) is 14.1. The van der Waals surface area contributed by atoms with Gasteiger partial charge in [-0.25, -0.2) is 9.37 Å². The predicted octanol–water partition coefficient (Wildman–Crippen LogP) is 3.48. The number of anilines is 1. The predicted molar refractivity (Wildman–Crippen MR) is 98.0 cm³/mol. The van der Waals surface area contributed by atoms with Gasteiger partial charge in [0.2, 0.25) is 0 Å². The molecule has 25 heavy (non-hydrogen) atoms. The monoisotopic (exact) mass is 336 g/mol. The Morgan fingerprint density at radius 3 is 2.68 bits per heavy atom. The molecule has 1 saturated heterocycles.